The van der Waals surface area contributed by atoms with Gasteiger partial charge in [0.25, 0.3) is 0 Å². The number of benzene rings is 1. The quantitative estimate of drug-likeness (QED) is 0.759. The molecule has 2 aliphatic carbocycles. The number of hydrogen-bond acceptors (Lipinski definition) is 4. The van der Waals surface area contributed by atoms with Crippen molar-refractivity contribution >= 4 is 17.7 Å². The number of rotatable bonds is 4. The van der Waals surface area contributed by atoms with E-state index in [0.717, 1.165) is 25.8 Å². The summed E-state index contributed by atoms with van der Waals surface area (Å²) in [5.74, 6) is 1.23. The van der Waals surface area contributed by atoms with Crippen LogP contribution in [0.2, 0.25) is 0 Å². The first-order valence-corrected chi connectivity index (χ1v) is 10.6. The van der Waals surface area contributed by atoms with Gasteiger partial charge in [0.15, 0.2) is 0 Å². The van der Waals surface area contributed by atoms with Gasteiger partial charge in [-0.15, -0.1) is 0 Å². The molecule has 26 heavy (non-hydrogen) atoms. The lowest BCUT2D eigenvalue weighted by atomic mass is 9.55. The second-order valence-corrected chi connectivity index (χ2v) is 9.42. The minimum atomic E-state index is 0.00252. The molecule has 3 unspecified atom stereocenters. The number of nitrogens with one attached hydrogen (secondary N) is 2. The topological polar surface area (TPSA) is 67.2 Å². The Morgan fingerprint density at radius 3 is 2.96 bits per heavy atom. The largest absolute Gasteiger partial charge is 0.364 e. The zero-order valence-electron chi connectivity index (χ0n) is 15.5. The van der Waals surface area contributed by atoms with E-state index in [4.69, 9.17) is 5.73 Å². The van der Waals surface area contributed by atoms with Gasteiger partial charge >= 0.3 is 0 Å². The van der Waals surface area contributed by atoms with Crippen LogP contribution in [-0.4, -0.2) is 17.9 Å². The summed E-state index contributed by atoms with van der Waals surface area (Å²) in [6.07, 6.45) is 7.07. The third-order valence-electron chi connectivity index (χ3n) is 6.48. The van der Waals surface area contributed by atoms with Crippen molar-refractivity contribution in [2.45, 2.75) is 50.9 Å². The Bertz CT molecular complexity index is 704. The highest BCUT2D eigenvalue weighted by atomic mass is 32.2. The molecule has 1 aromatic carbocycles. The van der Waals surface area contributed by atoms with Crippen LogP contribution in [0.5, 0.6) is 0 Å². The molecule has 1 aromatic rings. The van der Waals surface area contributed by atoms with Gasteiger partial charge in [-0.25, -0.2) is 0 Å². The lowest BCUT2D eigenvalue weighted by Gasteiger charge is -2.51. The summed E-state index contributed by atoms with van der Waals surface area (Å²) in [4.78, 5) is 13.0. The maximum absolute atomic E-state index is 11.5. The monoisotopic (exact) mass is 371 g/mol. The number of thioether (sulfide) groups is 1. The van der Waals surface area contributed by atoms with Gasteiger partial charge < -0.3 is 16.4 Å². The highest BCUT2D eigenvalue weighted by Crippen LogP contribution is 2.58. The van der Waals surface area contributed by atoms with Gasteiger partial charge in [0, 0.05) is 24.1 Å². The maximum Gasteiger partial charge on any atom is 0.216 e. The van der Waals surface area contributed by atoms with Crippen molar-refractivity contribution in [1.29, 1.82) is 0 Å². The van der Waals surface area contributed by atoms with Crippen LogP contribution in [0.15, 0.2) is 40.9 Å². The van der Waals surface area contributed by atoms with Crippen molar-refractivity contribution in [3.63, 3.8) is 0 Å². The average Bonchev–Trinajstić information content (AvgIpc) is 2.97. The van der Waals surface area contributed by atoms with E-state index in [1.807, 2.05) is 11.8 Å². The second-order valence-electron chi connectivity index (χ2n) is 8.19. The molecule has 0 aromatic heterocycles. The number of allylic oxidation sites excluding steroid dienone is 2. The molecule has 0 radical (unpaired) electrons. The van der Waals surface area contributed by atoms with Gasteiger partial charge in [-0.2, -0.15) is 0 Å². The number of amides is 1. The van der Waals surface area contributed by atoms with Gasteiger partial charge in [0.05, 0.1) is 0 Å². The zero-order chi connectivity index (χ0) is 18.1. The van der Waals surface area contributed by atoms with E-state index >= 15 is 0 Å². The molecular weight excluding hydrogens is 342 g/mol. The Morgan fingerprint density at radius 2 is 2.19 bits per heavy atom. The van der Waals surface area contributed by atoms with Crippen molar-refractivity contribution in [3.05, 3.63) is 46.5 Å². The smallest absolute Gasteiger partial charge is 0.216 e. The van der Waals surface area contributed by atoms with Crippen LogP contribution in [-0.2, 0) is 11.2 Å². The van der Waals surface area contributed by atoms with Crippen LogP contribution in [0, 0.1) is 17.3 Å². The molecule has 4 nitrogen and oxygen atoms in total. The predicted molar refractivity (Wildman–Crippen MR) is 107 cm³/mol. The molecule has 140 valence electrons. The Morgan fingerprint density at radius 1 is 1.38 bits per heavy atom. The van der Waals surface area contributed by atoms with Crippen LogP contribution in [0.25, 0.3) is 0 Å². The lowest BCUT2D eigenvalue weighted by molar-refractivity contribution is -0.119. The van der Waals surface area contributed by atoms with E-state index in [1.54, 1.807) is 6.92 Å². The predicted octanol–water partition coefficient (Wildman–Crippen LogP) is 3.35. The van der Waals surface area contributed by atoms with E-state index in [2.05, 4.69) is 41.0 Å². The number of hydrogen-bond donors (Lipinski definition) is 3. The standard InChI is InChI=1S/C21H29N3OS/c1-14(25)23-13-16-8-5-9-21(11-15-6-3-2-4-7-15)12-19-18(10-17(16)21)24-20(22)26-19/h2-4,6-7,16-17,20,24H,5,8-13,22H2,1H3,(H,23,25)/t16-,17?,20?,21?/m0/s1. The molecule has 1 fully saturated rings. The van der Waals surface area contributed by atoms with E-state index in [9.17, 15) is 4.79 Å². The van der Waals surface area contributed by atoms with Crippen molar-refractivity contribution in [2.75, 3.05) is 6.54 Å². The Kier molecular flexibility index (Phi) is 5.02. The molecule has 4 N–H and O–H groups in total. The summed E-state index contributed by atoms with van der Waals surface area (Å²) in [6, 6.07) is 10.9. The number of nitrogens with two attached hydrogens (primary N) is 1. The molecule has 4 rings (SSSR count). The van der Waals surface area contributed by atoms with Crippen molar-refractivity contribution in [1.82, 2.24) is 10.6 Å². The van der Waals surface area contributed by atoms with E-state index in [-0.39, 0.29) is 11.4 Å². The van der Waals surface area contributed by atoms with Crippen molar-refractivity contribution in [3.8, 4) is 0 Å². The molecule has 1 aliphatic heterocycles. The maximum atomic E-state index is 11.5. The molecule has 1 heterocycles. The summed E-state index contributed by atoms with van der Waals surface area (Å²) >= 11 is 1.81. The third kappa shape index (κ3) is 3.52. The zero-order valence-corrected chi connectivity index (χ0v) is 16.3. The molecule has 1 amide bonds. The Balaban J connectivity index is 1.63. The first-order valence-electron chi connectivity index (χ1n) is 9.75. The number of fused-ring (bicyclic) bond motifs is 1. The number of carbonyl (C=O) groups is 1. The van der Waals surface area contributed by atoms with Crippen LogP contribution in [0.3, 0.4) is 0 Å². The van der Waals surface area contributed by atoms with Crippen molar-refractivity contribution < 1.29 is 4.79 Å². The van der Waals surface area contributed by atoms with E-state index in [1.165, 1.54) is 35.4 Å². The van der Waals surface area contributed by atoms with Gasteiger partial charge in [-0.05, 0) is 54.9 Å². The first-order chi connectivity index (χ1) is 12.6. The van der Waals surface area contributed by atoms with Crippen LogP contribution in [0.4, 0.5) is 0 Å². The van der Waals surface area contributed by atoms with Crippen LogP contribution in [0.1, 0.15) is 44.6 Å². The highest BCUT2D eigenvalue weighted by Gasteiger charge is 2.50. The summed E-state index contributed by atoms with van der Waals surface area (Å²) in [5, 5.41) is 6.58. The van der Waals surface area contributed by atoms with Crippen molar-refractivity contribution in [2.24, 2.45) is 23.0 Å². The fraction of sp³-hybridized carbons (Fsp3) is 0.571. The fourth-order valence-electron chi connectivity index (χ4n) is 5.38. The number of carbonyl (C=O) groups excluding carboxylic acids is 1. The molecule has 3 aliphatic rings. The van der Waals surface area contributed by atoms with E-state index < -0.39 is 0 Å². The summed E-state index contributed by atoms with van der Waals surface area (Å²) in [7, 11) is 0. The Hall–Kier alpha value is -1.46. The van der Waals surface area contributed by atoms with Crippen LogP contribution < -0.4 is 16.4 Å². The molecule has 0 spiro atoms. The molecule has 0 bridgehead atoms. The Labute approximate surface area is 160 Å². The van der Waals surface area contributed by atoms with Gasteiger partial charge in [0.2, 0.25) is 5.91 Å². The molecule has 1 saturated carbocycles. The van der Waals surface area contributed by atoms with Gasteiger partial charge in [-0.1, -0.05) is 48.5 Å². The fourth-order valence-corrected chi connectivity index (χ4v) is 6.54. The lowest BCUT2D eigenvalue weighted by Crippen LogP contribution is -2.47. The average molecular weight is 372 g/mol. The van der Waals surface area contributed by atoms with E-state index in [0.29, 0.717) is 17.3 Å². The molecular formula is C21H29N3OS. The summed E-state index contributed by atoms with van der Waals surface area (Å²) < 4.78 is 0. The van der Waals surface area contributed by atoms with Crippen LogP contribution >= 0.6 is 11.8 Å². The molecule has 4 atom stereocenters. The second kappa shape index (κ2) is 7.28. The van der Waals surface area contributed by atoms with Gasteiger partial charge in [0.1, 0.15) is 5.50 Å². The minimum absolute atomic E-state index is 0.00252. The SMILES string of the molecule is CC(=O)NC[C@@H]1CCCC2(Cc3ccccc3)CC3=C(CC12)NC(N)S3. The minimum Gasteiger partial charge on any atom is -0.364 e. The first kappa shape index (κ1) is 17.9. The highest BCUT2D eigenvalue weighted by molar-refractivity contribution is 8.03. The normalized spacial score (nSPS) is 33.2. The summed E-state index contributed by atoms with van der Waals surface area (Å²) in [6.45, 7) is 2.42. The van der Waals surface area contributed by atoms with Gasteiger partial charge in [-0.3, -0.25) is 4.79 Å². The molecule has 5 heteroatoms. The molecule has 0 saturated heterocycles. The summed E-state index contributed by atoms with van der Waals surface area (Å²) in [5.41, 5.74) is 9.26. The third-order valence-corrected chi connectivity index (χ3v) is 7.52.